The lowest BCUT2D eigenvalue weighted by molar-refractivity contribution is -0.142. The normalized spacial score (nSPS) is 22.2. The Hall–Kier alpha value is -1.15. The summed E-state index contributed by atoms with van der Waals surface area (Å²) in [5.41, 5.74) is 0. The molecule has 0 bridgehead atoms. The number of rotatable bonds is 6. The average Bonchev–Trinajstić information content (AvgIpc) is 2.37. The van der Waals surface area contributed by atoms with E-state index in [0.717, 1.165) is 6.26 Å². The Kier molecular flexibility index (Phi) is 5.94. The van der Waals surface area contributed by atoms with Crippen molar-refractivity contribution < 1.29 is 23.1 Å². The first-order valence-electron chi connectivity index (χ1n) is 6.74. The molecule has 1 amide bonds. The highest BCUT2D eigenvalue weighted by Crippen LogP contribution is 2.19. The van der Waals surface area contributed by atoms with Gasteiger partial charge in [-0.15, -0.1) is 0 Å². The predicted molar refractivity (Wildman–Crippen MR) is 73.6 cm³/mol. The number of nitrogens with one attached hydrogen (secondary N) is 1. The van der Waals surface area contributed by atoms with Gasteiger partial charge in [-0.05, 0) is 19.3 Å². The second kappa shape index (κ2) is 7.03. The first-order chi connectivity index (χ1) is 9.25. The van der Waals surface area contributed by atoms with E-state index in [4.69, 9.17) is 5.11 Å². The van der Waals surface area contributed by atoms with Gasteiger partial charge in [-0.3, -0.25) is 4.79 Å². The molecule has 0 aromatic carbocycles. The number of carboxylic acid groups (broad SMARTS) is 1. The van der Waals surface area contributed by atoms with Crippen molar-refractivity contribution in [2.45, 2.75) is 38.6 Å². The van der Waals surface area contributed by atoms with Gasteiger partial charge in [0.05, 0.1) is 12.2 Å². The largest absolute Gasteiger partial charge is 0.480 e. The van der Waals surface area contributed by atoms with Gasteiger partial charge in [0.2, 0.25) is 15.9 Å². The maximum absolute atomic E-state index is 12.1. The van der Waals surface area contributed by atoms with Gasteiger partial charge in [0.15, 0.2) is 0 Å². The predicted octanol–water partition coefficient (Wildman–Crippen LogP) is 0.0275. The highest BCUT2D eigenvalue weighted by molar-refractivity contribution is 7.88. The number of nitrogens with zero attached hydrogens (tertiary/aromatic N) is 1. The molecule has 0 aromatic rings. The fourth-order valence-corrected chi connectivity index (χ4v) is 3.20. The van der Waals surface area contributed by atoms with Crippen molar-refractivity contribution in [2.75, 3.05) is 19.3 Å². The fourth-order valence-electron chi connectivity index (χ4n) is 2.29. The van der Waals surface area contributed by atoms with Crippen LogP contribution in [0.25, 0.3) is 0 Å². The zero-order valence-electron chi connectivity index (χ0n) is 11.8. The standard InChI is InChI=1S/C12H22N2O5S/c1-3-5-10(12(16)17)13-11(15)9-6-4-7-14(8-9)20(2,18)19/h9-10H,3-8H2,1-2H3,(H,13,15)(H,16,17)/t9?,10-/m1/s1. The molecule has 1 aliphatic heterocycles. The van der Waals surface area contributed by atoms with E-state index >= 15 is 0 Å². The molecule has 2 atom stereocenters. The molecule has 1 rings (SSSR count). The Bertz CT molecular complexity index is 462. The van der Waals surface area contributed by atoms with Crippen molar-refractivity contribution in [3.05, 3.63) is 0 Å². The van der Waals surface area contributed by atoms with Gasteiger partial charge in [0, 0.05) is 13.1 Å². The number of aliphatic carboxylic acids is 1. The summed E-state index contributed by atoms with van der Waals surface area (Å²) in [6, 6.07) is -0.902. The van der Waals surface area contributed by atoms with Gasteiger partial charge < -0.3 is 10.4 Å². The molecule has 20 heavy (non-hydrogen) atoms. The average molecular weight is 306 g/mol. The highest BCUT2D eigenvalue weighted by atomic mass is 32.2. The lowest BCUT2D eigenvalue weighted by Gasteiger charge is -2.30. The Balaban J connectivity index is 2.65. The Morgan fingerprint density at radius 3 is 2.60 bits per heavy atom. The van der Waals surface area contributed by atoms with Gasteiger partial charge in [-0.2, -0.15) is 0 Å². The minimum absolute atomic E-state index is 0.128. The molecule has 1 aliphatic rings. The lowest BCUT2D eigenvalue weighted by Crippen LogP contribution is -2.49. The number of carbonyl (C=O) groups excluding carboxylic acids is 1. The number of hydrogen-bond donors (Lipinski definition) is 2. The zero-order chi connectivity index (χ0) is 15.3. The number of sulfonamides is 1. The number of carboxylic acids is 1. The third-order valence-electron chi connectivity index (χ3n) is 3.42. The molecule has 1 fully saturated rings. The maximum atomic E-state index is 12.1. The van der Waals surface area contributed by atoms with Gasteiger partial charge in [0.25, 0.3) is 0 Å². The van der Waals surface area contributed by atoms with Gasteiger partial charge >= 0.3 is 5.97 Å². The molecule has 0 aliphatic carbocycles. The molecule has 0 saturated carbocycles. The van der Waals surface area contributed by atoms with Crippen molar-refractivity contribution in [1.29, 1.82) is 0 Å². The summed E-state index contributed by atoms with van der Waals surface area (Å²) < 4.78 is 24.2. The lowest BCUT2D eigenvalue weighted by atomic mass is 9.98. The Morgan fingerprint density at radius 2 is 2.10 bits per heavy atom. The van der Waals surface area contributed by atoms with E-state index in [9.17, 15) is 18.0 Å². The fraction of sp³-hybridized carbons (Fsp3) is 0.833. The molecule has 0 spiro atoms. The van der Waals surface area contributed by atoms with Crippen LogP contribution in [0.4, 0.5) is 0 Å². The second-order valence-electron chi connectivity index (χ2n) is 5.15. The van der Waals surface area contributed by atoms with Crippen LogP contribution < -0.4 is 5.32 Å². The van der Waals surface area contributed by atoms with Crippen LogP contribution in [0.2, 0.25) is 0 Å². The minimum atomic E-state index is -3.31. The van der Waals surface area contributed by atoms with E-state index in [-0.39, 0.29) is 12.5 Å². The molecule has 8 heteroatoms. The van der Waals surface area contributed by atoms with Gasteiger partial charge in [0.1, 0.15) is 6.04 Å². The summed E-state index contributed by atoms with van der Waals surface area (Å²) in [7, 11) is -3.31. The molecule has 1 unspecified atom stereocenters. The molecule has 0 aromatic heterocycles. The van der Waals surface area contributed by atoms with Crippen LogP contribution in [0, 0.1) is 5.92 Å². The van der Waals surface area contributed by atoms with E-state index in [1.165, 1.54) is 4.31 Å². The molecule has 116 valence electrons. The summed E-state index contributed by atoms with van der Waals surface area (Å²) in [6.45, 7) is 2.39. The summed E-state index contributed by atoms with van der Waals surface area (Å²) in [4.78, 5) is 23.1. The first kappa shape index (κ1) is 16.9. The summed E-state index contributed by atoms with van der Waals surface area (Å²) in [5, 5.41) is 11.5. The molecule has 0 radical (unpaired) electrons. The zero-order valence-corrected chi connectivity index (χ0v) is 12.6. The molecule has 1 heterocycles. The topological polar surface area (TPSA) is 104 Å². The van der Waals surface area contributed by atoms with E-state index in [2.05, 4.69) is 5.32 Å². The molecular formula is C12H22N2O5S. The minimum Gasteiger partial charge on any atom is -0.480 e. The van der Waals surface area contributed by atoms with Crippen LogP contribution >= 0.6 is 0 Å². The van der Waals surface area contributed by atoms with Crippen LogP contribution in [0.15, 0.2) is 0 Å². The number of carbonyl (C=O) groups is 2. The Morgan fingerprint density at radius 1 is 1.45 bits per heavy atom. The molecule has 2 N–H and O–H groups in total. The molecule has 1 saturated heterocycles. The number of piperidine rings is 1. The van der Waals surface area contributed by atoms with Crippen molar-refractivity contribution in [3.63, 3.8) is 0 Å². The van der Waals surface area contributed by atoms with Crippen molar-refractivity contribution >= 4 is 21.9 Å². The smallest absolute Gasteiger partial charge is 0.326 e. The summed E-state index contributed by atoms with van der Waals surface area (Å²) in [6.07, 6.45) is 3.32. The second-order valence-corrected chi connectivity index (χ2v) is 7.13. The van der Waals surface area contributed by atoms with Crippen LogP contribution in [-0.2, 0) is 19.6 Å². The van der Waals surface area contributed by atoms with E-state index < -0.39 is 28.0 Å². The monoisotopic (exact) mass is 306 g/mol. The number of amides is 1. The quantitative estimate of drug-likeness (QED) is 0.720. The van der Waals surface area contributed by atoms with E-state index in [0.29, 0.717) is 32.2 Å². The van der Waals surface area contributed by atoms with Crippen LogP contribution in [0.3, 0.4) is 0 Å². The molecular weight excluding hydrogens is 284 g/mol. The summed E-state index contributed by atoms with van der Waals surface area (Å²) in [5.74, 6) is -1.91. The van der Waals surface area contributed by atoms with Crippen LogP contribution in [0.1, 0.15) is 32.6 Å². The van der Waals surface area contributed by atoms with Crippen molar-refractivity contribution in [3.8, 4) is 0 Å². The van der Waals surface area contributed by atoms with Gasteiger partial charge in [-0.25, -0.2) is 17.5 Å². The van der Waals surface area contributed by atoms with Crippen LogP contribution in [0.5, 0.6) is 0 Å². The summed E-state index contributed by atoms with van der Waals surface area (Å²) >= 11 is 0. The van der Waals surface area contributed by atoms with E-state index in [1.54, 1.807) is 0 Å². The van der Waals surface area contributed by atoms with Crippen LogP contribution in [-0.4, -0.2) is 55.1 Å². The van der Waals surface area contributed by atoms with E-state index in [1.807, 2.05) is 6.92 Å². The van der Waals surface area contributed by atoms with Crippen molar-refractivity contribution in [1.82, 2.24) is 9.62 Å². The highest BCUT2D eigenvalue weighted by Gasteiger charge is 2.31. The third kappa shape index (κ3) is 4.75. The first-order valence-corrected chi connectivity index (χ1v) is 8.58. The third-order valence-corrected chi connectivity index (χ3v) is 4.69. The number of hydrogen-bond acceptors (Lipinski definition) is 4. The Labute approximate surface area is 119 Å². The molecule has 7 nitrogen and oxygen atoms in total. The SMILES string of the molecule is CCC[C@@H](NC(=O)C1CCCN(S(C)(=O)=O)C1)C(=O)O. The maximum Gasteiger partial charge on any atom is 0.326 e. The van der Waals surface area contributed by atoms with Crippen molar-refractivity contribution in [2.24, 2.45) is 5.92 Å². The van der Waals surface area contributed by atoms with Gasteiger partial charge in [-0.1, -0.05) is 13.3 Å².